The Kier molecular flexibility index (Phi) is 9.20. The van der Waals surface area contributed by atoms with Crippen molar-refractivity contribution in [1.82, 2.24) is 0 Å². The van der Waals surface area contributed by atoms with E-state index in [9.17, 15) is 10.2 Å². The van der Waals surface area contributed by atoms with Gasteiger partial charge in [0.05, 0.1) is 0 Å². The van der Waals surface area contributed by atoms with Crippen LogP contribution in [0.15, 0.2) is 47.6 Å². The van der Waals surface area contributed by atoms with Gasteiger partial charge in [0.25, 0.3) is 0 Å². The number of hydrogen-bond acceptors (Lipinski definition) is 2. The fraction of sp³-hybridized carbons (Fsp3) is 0.222. The molecule has 2 N–H and O–H groups in total. The van der Waals surface area contributed by atoms with Crippen molar-refractivity contribution in [3.05, 3.63) is 47.6 Å². The Morgan fingerprint density at radius 2 is 1.20 bits per heavy atom. The molecule has 0 spiro atoms. The minimum absolute atomic E-state index is 0.750. The first-order chi connectivity index (χ1) is 9.49. The molecule has 0 heterocycles. The van der Waals surface area contributed by atoms with E-state index in [0.717, 1.165) is 11.1 Å². The number of allylic oxidation sites excluding steroid dienone is 6. The van der Waals surface area contributed by atoms with Gasteiger partial charge < -0.3 is 10.2 Å². The summed E-state index contributed by atoms with van der Waals surface area (Å²) in [6.45, 7) is 3.56. The Morgan fingerprint density at radius 1 is 0.850 bits per heavy atom. The first-order valence-corrected chi connectivity index (χ1v) is 6.00. The number of hydrogen-bond donors (Lipinski definition) is 2. The first kappa shape index (κ1) is 17.6. The van der Waals surface area contributed by atoms with Gasteiger partial charge in [-0.2, -0.15) is 0 Å². The molecular weight excluding hydrogens is 248 g/mol. The van der Waals surface area contributed by atoms with Crippen molar-refractivity contribution in [2.24, 2.45) is 0 Å². The molecule has 0 rings (SSSR count). The molecule has 0 saturated carbocycles. The van der Waals surface area contributed by atoms with E-state index >= 15 is 0 Å². The van der Waals surface area contributed by atoms with E-state index in [1.807, 2.05) is 0 Å². The molecular formula is C18H18O2. The van der Waals surface area contributed by atoms with Crippen molar-refractivity contribution in [3.8, 4) is 36.5 Å². The van der Waals surface area contributed by atoms with Gasteiger partial charge in [-0.1, -0.05) is 48.0 Å². The molecule has 0 radical (unpaired) electrons. The van der Waals surface area contributed by atoms with E-state index in [4.69, 9.17) is 12.8 Å². The average molecular weight is 266 g/mol. The van der Waals surface area contributed by atoms with Crippen molar-refractivity contribution >= 4 is 0 Å². The van der Waals surface area contributed by atoms with Crippen LogP contribution < -0.4 is 0 Å². The third-order valence-corrected chi connectivity index (χ3v) is 2.11. The summed E-state index contributed by atoms with van der Waals surface area (Å²) in [5.74, 6) is 9.90. The first-order valence-electron chi connectivity index (χ1n) is 6.00. The van der Waals surface area contributed by atoms with E-state index in [0.29, 0.717) is 0 Å². The number of aliphatic hydroxyl groups is 2. The number of aliphatic hydroxyl groups excluding tert-OH is 2. The van der Waals surface area contributed by atoms with E-state index in [-0.39, 0.29) is 0 Å². The van der Waals surface area contributed by atoms with Gasteiger partial charge in [-0.15, -0.1) is 12.8 Å². The molecule has 0 aliphatic carbocycles. The van der Waals surface area contributed by atoms with E-state index < -0.39 is 12.2 Å². The fourth-order valence-electron chi connectivity index (χ4n) is 0.973. The molecule has 2 unspecified atom stereocenters. The maximum atomic E-state index is 9.52. The van der Waals surface area contributed by atoms with Crippen LogP contribution >= 0.6 is 0 Å². The summed E-state index contributed by atoms with van der Waals surface area (Å²) in [7, 11) is 0. The maximum absolute atomic E-state index is 9.52. The summed E-state index contributed by atoms with van der Waals surface area (Å²) in [5.41, 5.74) is 1.50. The van der Waals surface area contributed by atoms with Crippen molar-refractivity contribution in [2.75, 3.05) is 0 Å². The highest BCUT2D eigenvalue weighted by molar-refractivity contribution is 5.29. The standard InChI is InChI=1S/C18H18O2/c1-5-15(3)9-7-11-17(19)13-14-18(20)12-8-10-16(4)6-2/h1-2,7-12,17-20H,3-4H3. The fourth-order valence-corrected chi connectivity index (χ4v) is 0.973. The molecule has 0 aromatic carbocycles. The molecule has 0 fully saturated rings. The van der Waals surface area contributed by atoms with Crippen molar-refractivity contribution < 1.29 is 10.2 Å². The van der Waals surface area contributed by atoms with Crippen LogP contribution in [0.3, 0.4) is 0 Å². The lowest BCUT2D eigenvalue weighted by molar-refractivity contribution is 0.270. The normalized spacial score (nSPS) is 15.3. The van der Waals surface area contributed by atoms with E-state index in [2.05, 4.69) is 23.7 Å². The van der Waals surface area contributed by atoms with E-state index in [1.54, 1.807) is 38.2 Å². The summed E-state index contributed by atoms with van der Waals surface area (Å²) in [6.07, 6.45) is 18.0. The highest BCUT2D eigenvalue weighted by Gasteiger charge is 1.93. The van der Waals surface area contributed by atoms with Gasteiger partial charge in [-0.05, 0) is 37.1 Å². The van der Waals surface area contributed by atoms with Crippen LogP contribution in [0.1, 0.15) is 13.8 Å². The van der Waals surface area contributed by atoms with Crippen molar-refractivity contribution in [3.63, 3.8) is 0 Å². The third-order valence-electron chi connectivity index (χ3n) is 2.11. The Bertz CT molecular complexity index is 513. The van der Waals surface area contributed by atoms with Gasteiger partial charge in [0.1, 0.15) is 12.2 Å². The second kappa shape index (κ2) is 10.5. The molecule has 0 aliphatic rings. The monoisotopic (exact) mass is 266 g/mol. The zero-order valence-corrected chi connectivity index (χ0v) is 11.7. The summed E-state index contributed by atoms with van der Waals surface area (Å²) >= 11 is 0. The number of terminal acetylenes is 2. The van der Waals surface area contributed by atoms with Crippen LogP contribution in [0.25, 0.3) is 0 Å². The van der Waals surface area contributed by atoms with Gasteiger partial charge in [-0.3, -0.25) is 0 Å². The smallest absolute Gasteiger partial charge is 0.133 e. The van der Waals surface area contributed by atoms with Crippen LogP contribution in [-0.2, 0) is 0 Å². The summed E-state index contributed by atoms with van der Waals surface area (Å²) in [5, 5.41) is 19.0. The van der Waals surface area contributed by atoms with Gasteiger partial charge in [-0.25, -0.2) is 0 Å². The van der Waals surface area contributed by atoms with Gasteiger partial charge >= 0.3 is 0 Å². The second-order valence-electron chi connectivity index (χ2n) is 3.94. The van der Waals surface area contributed by atoms with Crippen LogP contribution in [-0.4, -0.2) is 22.4 Å². The Hall–Kier alpha value is -2.44. The summed E-state index contributed by atoms with van der Waals surface area (Å²) < 4.78 is 0. The predicted molar refractivity (Wildman–Crippen MR) is 83.2 cm³/mol. The molecule has 0 amide bonds. The van der Waals surface area contributed by atoms with Crippen LogP contribution in [0.4, 0.5) is 0 Å². The minimum Gasteiger partial charge on any atom is -0.377 e. The lowest BCUT2D eigenvalue weighted by Crippen LogP contribution is -2.02. The highest BCUT2D eigenvalue weighted by Crippen LogP contribution is 1.93. The Labute approximate surface area is 121 Å². The zero-order valence-electron chi connectivity index (χ0n) is 11.7. The van der Waals surface area contributed by atoms with Gasteiger partial charge in [0.2, 0.25) is 0 Å². The SMILES string of the molecule is C#CC(C)=CC=CC(O)C#CC(O)C=CC=C(C)C#C. The molecule has 2 heteroatoms. The molecule has 0 aliphatic heterocycles. The zero-order chi connectivity index (χ0) is 15.4. The third kappa shape index (κ3) is 9.58. The quantitative estimate of drug-likeness (QED) is 0.603. The van der Waals surface area contributed by atoms with Crippen molar-refractivity contribution in [2.45, 2.75) is 26.1 Å². The highest BCUT2D eigenvalue weighted by atomic mass is 16.3. The maximum Gasteiger partial charge on any atom is 0.133 e. The average Bonchev–Trinajstić information content (AvgIpc) is 2.44. The molecule has 0 aromatic heterocycles. The Morgan fingerprint density at radius 3 is 1.50 bits per heavy atom. The van der Waals surface area contributed by atoms with E-state index in [1.165, 1.54) is 12.2 Å². The minimum atomic E-state index is -0.956. The summed E-state index contributed by atoms with van der Waals surface area (Å²) in [6, 6.07) is 0. The largest absolute Gasteiger partial charge is 0.377 e. The van der Waals surface area contributed by atoms with Crippen LogP contribution in [0.2, 0.25) is 0 Å². The van der Waals surface area contributed by atoms with Crippen LogP contribution in [0, 0.1) is 36.5 Å². The molecule has 2 nitrogen and oxygen atoms in total. The lowest BCUT2D eigenvalue weighted by Gasteiger charge is -1.95. The molecule has 0 bridgehead atoms. The Balaban J connectivity index is 4.46. The molecule has 102 valence electrons. The van der Waals surface area contributed by atoms with Crippen LogP contribution in [0.5, 0.6) is 0 Å². The van der Waals surface area contributed by atoms with Crippen molar-refractivity contribution in [1.29, 1.82) is 0 Å². The molecule has 0 saturated heterocycles. The molecule has 0 aromatic rings. The summed E-state index contributed by atoms with van der Waals surface area (Å²) in [4.78, 5) is 0. The topological polar surface area (TPSA) is 40.5 Å². The molecule has 20 heavy (non-hydrogen) atoms. The lowest BCUT2D eigenvalue weighted by atomic mass is 10.2. The second-order valence-corrected chi connectivity index (χ2v) is 3.94. The van der Waals surface area contributed by atoms with Gasteiger partial charge in [0, 0.05) is 0 Å². The molecule has 2 atom stereocenters. The predicted octanol–water partition coefficient (Wildman–Crippen LogP) is 1.98. The number of rotatable bonds is 4. The van der Waals surface area contributed by atoms with Gasteiger partial charge in [0.15, 0.2) is 0 Å².